The van der Waals surface area contributed by atoms with Crippen LogP contribution in [0.2, 0.25) is 0 Å². The first-order valence-electron chi connectivity index (χ1n) is 24.6. The van der Waals surface area contributed by atoms with Crippen molar-refractivity contribution < 1.29 is 8.83 Å². The third-order valence-electron chi connectivity index (χ3n) is 13.4. The molecule has 0 unspecified atom stereocenters. The van der Waals surface area contributed by atoms with Crippen LogP contribution in [-0.4, -0.2) is 20.4 Å². The molecule has 8 heteroatoms. The minimum absolute atomic E-state index is 0.422. The molecule has 0 amide bonds. The number of aromatic nitrogens is 4. The standard InChI is InChI=1S/C66H44N6O2/c1-6-23-45(24-7-1)63-67-69-65(73-63)56-37-20-18-35-54(56)60-52-33-16-17-34-53(52)61(55-36-19-21-38-57(55)66-70-68-64(74-66)46-25-8-2-9-26-46)62-58(60)39-22-40-59(62)72(49-31-14-5-15-32-49)51-43-41-50(42-44-51)71(47-27-10-3-11-28-47)48-29-12-4-13-30-48/h1-44H. The number of hydrogen-bond acceptors (Lipinski definition) is 8. The molecule has 74 heavy (non-hydrogen) atoms. The Balaban J connectivity index is 1.08. The van der Waals surface area contributed by atoms with Crippen LogP contribution in [0.1, 0.15) is 0 Å². The zero-order valence-corrected chi connectivity index (χ0v) is 39.9. The Labute approximate surface area is 427 Å². The van der Waals surface area contributed by atoms with Gasteiger partial charge in [0, 0.05) is 61.6 Å². The van der Waals surface area contributed by atoms with Crippen molar-refractivity contribution in [2.24, 2.45) is 0 Å². The van der Waals surface area contributed by atoms with Crippen LogP contribution in [0.25, 0.3) is 89.6 Å². The van der Waals surface area contributed by atoms with Crippen LogP contribution in [0.15, 0.2) is 276 Å². The van der Waals surface area contributed by atoms with E-state index in [1.54, 1.807) is 0 Å². The summed E-state index contributed by atoms with van der Waals surface area (Å²) in [7, 11) is 0. The Bertz CT molecular complexity index is 4030. The summed E-state index contributed by atoms with van der Waals surface area (Å²) in [4.78, 5) is 4.65. The molecule has 0 aliphatic rings. The number of benzene rings is 11. The van der Waals surface area contributed by atoms with Crippen molar-refractivity contribution in [1.82, 2.24) is 20.4 Å². The number of anilines is 6. The van der Waals surface area contributed by atoms with Crippen molar-refractivity contribution in [2.45, 2.75) is 0 Å². The summed E-state index contributed by atoms with van der Waals surface area (Å²) < 4.78 is 13.1. The lowest BCUT2D eigenvalue weighted by atomic mass is 9.83. The van der Waals surface area contributed by atoms with Crippen LogP contribution in [-0.2, 0) is 0 Å². The number of rotatable bonds is 12. The van der Waals surface area contributed by atoms with E-state index in [0.29, 0.717) is 23.6 Å². The van der Waals surface area contributed by atoms with E-state index in [9.17, 15) is 0 Å². The SMILES string of the molecule is c1ccc(-c2nnc(-c3ccccc3-c3c4ccccc4c(-c4ccccc4-c4nnc(-c5ccccc5)o4)c4c(N(c5ccccc5)c5ccc(N(c6ccccc6)c6ccccc6)cc5)cccc34)o2)cc1. The van der Waals surface area contributed by atoms with Crippen LogP contribution < -0.4 is 9.80 Å². The largest absolute Gasteiger partial charge is 0.416 e. The molecule has 2 aromatic heterocycles. The van der Waals surface area contributed by atoms with Gasteiger partial charge >= 0.3 is 0 Å². The maximum atomic E-state index is 6.58. The molecule has 0 saturated carbocycles. The summed E-state index contributed by atoms with van der Waals surface area (Å²) in [5.41, 5.74) is 13.4. The Kier molecular flexibility index (Phi) is 11.4. The molecular weight excluding hydrogens is 909 g/mol. The zero-order valence-electron chi connectivity index (χ0n) is 39.9. The lowest BCUT2D eigenvalue weighted by Gasteiger charge is -2.30. The highest BCUT2D eigenvalue weighted by Gasteiger charge is 2.27. The summed E-state index contributed by atoms with van der Waals surface area (Å²) >= 11 is 0. The highest BCUT2D eigenvalue weighted by atomic mass is 16.4. The first-order valence-corrected chi connectivity index (χ1v) is 24.6. The van der Waals surface area contributed by atoms with E-state index in [-0.39, 0.29) is 0 Å². The van der Waals surface area contributed by atoms with E-state index < -0.39 is 0 Å². The third kappa shape index (κ3) is 8.02. The smallest absolute Gasteiger partial charge is 0.248 e. The fraction of sp³-hybridized carbons (Fsp3) is 0. The van der Waals surface area contributed by atoms with Gasteiger partial charge in [-0.05, 0) is 136 Å². The van der Waals surface area contributed by atoms with Gasteiger partial charge in [0.2, 0.25) is 23.6 Å². The van der Waals surface area contributed by atoms with Gasteiger partial charge in [-0.25, -0.2) is 0 Å². The van der Waals surface area contributed by atoms with Gasteiger partial charge in [0.05, 0.1) is 5.69 Å². The molecule has 350 valence electrons. The molecule has 0 saturated heterocycles. The molecule has 0 atom stereocenters. The third-order valence-corrected chi connectivity index (χ3v) is 13.4. The van der Waals surface area contributed by atoms with Crippen LogP contribution >= 0.6 is 0 Å². The molecular formula is C66H44N6O2. The monoisotopic (exact) mass is 952 g/mol. The second-order valence-corrected chi connectivity index (χ2v) is 17.8. The predicted octanol–water partition coefficient (Wildman–Crippen LogP) is 17.7. The molecule has 0 N–H and O–H groups in total. The molecule has 0 aliphatic heterocycles. The van der Waals surface area contributed by atoms with Crippen LogP contribution in [0.3, 0.4) is 0 Å². The van der Waals surface area contributed by atoms with Gasteiger partial charge in [0.15, 0.2) is 0 Å². The molecule has 0 aliphatic carbocycles. The van der Waals surface area contributed by atoms with Gasteiger partial charge in [0.1, 0.15) is 0 Å². The Hall–Kier alpha value is -10.2. The van der Waals surface area contributed by atoms with Gasteiger partial charge < -0.3 is 18.6 Å². The van der Waals surface area contributed by atoms with Crippen LogP contribution in [0, 0.1) is 0 Å². The van der Waals surface area contributed by atoms with Gasteiger partial charge in [-0.3, -0.25) is 0 Å². The van der Waals surface area contributed by atoms with E-state index in [0.717, 1.165) is 100 Å². The molecule has 0 radical (unpaired) electrons. The van der Waals surface area contributed by atoms with E-state index >= 15 is 0 Å². The van der Waals surface area contributed by atoms with Crippen molar-refractivity contribution in [2.75, 3.05) is 9.80 Å². The Morgan fingerprint density at radius 2 is 0.581 bits per heavy atom. The highest BCUT2D eigenvalue weighted by Crippen LogP contribution is 2.52. The van der Waals surface area contributed by atoms with E-state index in [1.807, 2.05) is 72.8 Å². The Morgan fingerprint density at radius 1 is 0.243 bits per heavy atom. The predicted molar refractivity (Wildman–Crippen MR) is 299 cm³/mol. The quantitative estimate of drug-likeness (QED) is 0.112. The van der Waals surface area contributed by atoms with Crippen molar-refractivity contribution in [3.05, 3.63) is 267 Å². The number of nitrogens with zero attached hydrogens (tertiary/aromatic N) is 6. The molecule has 13 rings (SSSR count). The summed E-state index contributed by atoms with van der Waals surface area (Å²) in [5, 5.41) is 22.6. The minimum atomic E-state index is 0.422. The number of para-hydroxylation sites is 3. The maximum absolute atomic E-state index is 6.58. The summed E-state index contributed by atoms with van der Waals surface area (Å²) in [6.07, 6.45) is 0. The zero-order chi connectivity index (χ0) is 49.2. The number of hydrogen-bond donors (Lipinski definition) is 0. The molecule has 2 heterocycles. The lowest BCUT2D eigenvalue weighted by Crippen LogP contribution is -2.12. The average Bonchev–Trinajstić information content (AvgIpc) is 4.19. The van der Waals surface area contributed by atoms with Crippen LogP contribution in [0.4, 0.5) is 34.1 Å². The molecule has 8 nitrogen and oxygen atoms in total. The first kappa shape index (κ1) is 43.8. The minimum Gasteiger partial charge on any atom is -0.416 e. The fourth-order valence-corrected chi connectivity index (χ4v) is 10.2. The lowest BCUT2D eigenvalue weighted by molar-refractivity contribution is 0.584. The highest BCUT2D eigenvalue weighted by molar-refractivity contribution is 6.26. The van der Waals surface area contributed by atoms with Gasteiger partial charge in [0.25, 0.3) is 0 Å². The summed E-state index contributed by atoms with van der Waals surface area (Å²) in [6, 6.07) is 92.1. The van der Waals surface area contributed by atoms with Gasteiger partial charge in [-0.1, -0.05) is 164 Å². The number of fused-ring (bicyclic) bond motifs is 2. The van der Waals surface area contributed by atoms with Crippen molar-refractivity contribution in [3.8, 4) is 68.1 Å². The molecule has 13 aromatic rings. The van der Waals surface area contributed by atoms with Crippen LogP contribution in [0.5, 0.6) is 0 Å². The maximum Gasteiger partial charge on any atom is 0.248 e. The topological polar surface area (TPSA) is 84.3 Å². The van der Waals surface area contributed by atoms with Gasteiger partial charge in [-0.2, -0.15) is 0 Å². The second kappa shape index (κ2) is 19.2. The average molecular weight is 953 g/mol. The fourth-order valence-electron chi connectivity index (χ4n) is 10.2. The van der Waals surface area contributed by atoms with E-state index in [2.05, 4.69) is 219 Å². The van der Waals surface area contributed by atoms with Gasteiger partial charge in [-0.15, -0.1) is 20.4 Å². The molecule has 11 aromatic carbocycles. The van der Waals surface area contributed by atoms with E-state index in [1.165, 1.54) is 0 Å². The molecule has 0 fully saturated rings. The molecule has 0 bridgehead atoms. The second-order valence-electron chi connectivity index (χ2n) is 17.8. The Morgan fingerprint density at radius 3 is 1.07 bits per heavy atom. The van der Waals surface area contributed by atoms with Crippen molar-refractivity contribution in [3.63, 3.8) is 0 Å². The van der Waals surface area contributed by atoms with E-state index in [4.69, 9.17) is 13.9 Å². The van der Waals surface area contributed by atoms with Crippen molar-refractivity contribution >= 4 is 55.7 Å². The van der Waals surface area contributed by atoms with Crippen molar-refractivity contribution in [1.29, 1.82) is 0 Å². The summed E-state index contributed by atoms with van der Waals surface area (Å²) in [6.45, 7) is 0. The first-order chi connectivity index (χ1) is 36.7. The summed E-state index contributed by atoms with van der Waals surface area (Å²) in [5.74, 6) is 1.76. The normalized spacial score (nSPS) is 11.2. The molecule has 0 spiro atoms.